The maximum absolute atomic E-state index is 6.60. The second-order valence-electron chi connectivity index (χ2n) is 10.5. The minimum atomic E-state index is -2.84. The average Bonchev–Trinajstić information content (AvgIpc) is 2.75. The summed E-state index contributed by atoms with van der Waals surface area (Å²) in [6.45, 7) is 14.3. The van der Waals surface area contributed by atoms with Gasteiger partial charge in [0.2, 0.25) is 0 Å². The van der Waals surface area contributed by atoms with Crippen molar-refractivity contribution in [3.05, 3.63) is 0 Å². The zero-order valence-corrected chi connectivity index (χ0v) is 25.8. The highest BCUT2D eigenvalue weighted by molar-refractivity contribution is 6.50. The van der Waals surface area contributed by atoms with Gasteiger partial charge in [0.1, 0.15) is 0 Å². The summed E-state index contributed by atoms with van der Waals surface area (Å²) < 4.78 is 18.4. The van der Waals surface area contributed by atoms with Crippen molar-refractivity contribution in [2.45, 2.75) is 163 Å². The molecular formula is C28H62ClNO3Si. The summed E-state index contributed by atoms with van der Waals surface area (Å²) in [5.74, 6) is 0.534. The van der Waals surface area contributed by atoms with Crippen LogP contribution in [0.15, 0.2) is 0 Å². The normalized spacial score (nSPS) is 12.4. The number of rotatable bonds is 25. The number of quaternary nitrogens is 1. The molecule has 0 aromatic heterocycles. The number of hydrogen-bond donors (Lipinski definition) is 1. The first-order chi connectivity index (χ1) is 15.8. The van der Waals surface area contributed by atoms with Crippen molar-refractivity contribution < 1.29 is 31.1 Å². The Balaban J connectivity index is 0. The zero-order valence-electron chi connectivity index (χ0n) is 24.0. The molecule has 4 nitrogen and oxygen atoms in total. The second-order valence-corrected chi connectivity index (χ2v) is 12.6. The van der Waals surface area contributed by atoms with Crippen LogP contribution in [0.5, 0.6) is 0 Å². The second kappa shape index (κ2) is 23.7. The quantitative estimate of drug-likeness (QED) is 0.132. The van der Waals surface area contributed by atoms with Gasteiger partial charge in [-0.2, -0.15) is 0 Å². The minimum absolute atomic E-state index is 0. The third-order valence-corrected chi connectivity index (χ3v) is 9.24. The molecule has 0 unspecified atom stereocenters. The van der Waals surface area contributed by atoms with Gasteiger partial charge >= 0.3 is 8.97 Å². The van der Waals surface area contributed by atoms with Crippen LogP contribution >= 0.6 is 0 Å². The molecule has 0 fully saturated rings. The standard InChI is InChI=1S/C28H62NO3Si.ClH/c1-7-11-13-15-17-19-21-23-25-27(26-24-22-20-18-16-14-12-8-2)28(5,6)32-33(29,30-9-3)31-10-4;/h27H,7-26H2,1-6,29H3;1H/q+1;/p-1. The molecule has 0 amide bonds. The first-order valence-corrected chi connectivity index (χ1v) is 16.6. The van der Waals surface area contributed by atoms with Crippen molar-refractivity contribution in [3.63, 3.8) is 0 Å². The lowest BCUT2D eigenvalue weighted by atomic mass is 9.82. The smallest absolute Gasteiger partial charge is 0.780 e. The monoisotopic (exact) mass is 523 g/mol. The van der Waals surface area contributed by atoms with E-state index in [1.807, 2.05) is 13.8 Å². The Hall–Kier alpha value is 0.347. The van der Waals surface area contributed by atoms with Crippen LogP contribution in [-0.2, 0) is 13.3 Å². The predicted octanol–water partition coefficient (Wildman–Crippen LogP) is 5.21. The van der Waals surface area contributed by atoms with Crippen LogP contribution in [-0.4, -0.2) is 27.8 Å². The Bertz CT molecular complexity index is 400. The van der Waals surface area contributed by atoms with Crippen LogP contribution in [0.1, 0.15) is 157 Å². The van der Waals surface area contributed by atoms with Gasteiger partial charge in [-0.15, -0.1) is 0 Å². The largest absolute Gasteiger partial charge is 1.00 e. The summed E-state index contributed by atoms with van der Waals surface area (Å²) in [6, 6.07) is 0. The fourth-order valence-corrected chi connectivity index (χ4v) is 6.96. The van der Waals surface area contributed by atoms with E-state index in [9.17, 15) is 0 Å². The van der Waals surface area contributed by atoms with Gasteiger partial charge in [0, 0.05) is 13.2 Å². The number of halogens is 1. The topological polar surface area (TPSA) is 55.3 Å². The van der Waals surface area contributed by atoms with Gasteiger partial charge in [-0.1, -0.05) is 117 Å². The van der Waals surface area contributed by atoms with Crippen molar-refractivity contribution in [2.24, 2.45) is 5.92 Å². The molecule has 208 valence electrons. The van der Waals surface area contributed by atoms with Crippen molar-refractivity contribution >= 4 is 8.97 Å². The minimum Gasteiger partial charge on any atom is -1.00 e. The summed E-state index contributed by atoms with van der Waals surface area (Å²) in [7, 11) is -2.84. The van der Waals surface area contributed by atoms with Gasteiger partial charge in [0.25, 0.3) is 0 Å². The van der Waals surface area contributed by atoms with Crippen LogP contribution in [0.2, 0.25) is 0 Å². The highest BCUT2D eigenvalue weighted by atomic mass is 35.5. The zero-order chi connectivity index (χ0) is 24.8. The molecule has 0 aliphatic heterocycles. The molecule has 0 saturated carbocycles. The van der Waals surface area contributed by atoms with E-state index in [1.54, 1.807) is 0 Å². The van der Waals surface area contributed by atoms with E-state index >= 15 is 0 Å². The summed E-state index contributed by atoms with van der Waals surface area (Å²) >= 11 is 0. The van der Waals surface area contributed by atoms with E-state index in [4.69, 9.17) is 13.3 Å². The lowest BCUT2D eigenvalue weighted by Gasteiger charge is -2.37. The van der Waals surface area contributed by atoms with Gasteiger partial charge < -0.3 is 31.1 Å². The van der Waals surface area contributed by atoms with Gasteiger partial charge in [0.05, 0.1) is 5.60 Å². The molecule has 0 aromatic rings. The van der Waals surface area contributed by atoms with Crippen molar-refractivity contribution in [1.29, 1.82) is 0 Å². The molecule has 0 heterocycles. The van der Waals surface area contributed by atoms with Crippen LogP contribution in [0.25, 0.3) is 0 Å². The Morgan fingerprint density at radius 2 is 0.912 bits per heavy atom. The van der Waals surface area contributed by atoms with E-state index in [1.165, 1.54) is 116 Å². The van der Waals surface area contributed by atoms with Gasteiger partial charge in [-0.05, 0) is 46.5 Å². The van der Waals surface area contributed by atoms with E-state index in [2.05, 4.69) is 33.1 Å². The summed E-state index contributed by atoms with van der Waals surface area (Å²) in [6.07, 6.45) is 24.4. The lowest BCUT2D eigenvalue weighted by Crippen LogP contribution is -3.00. The molecule has 0 rings (SSSR count). The molecule has 0 aliphatic carbocycles. The predicted molar refractivity (Wildman–Crippen MR) is 145 cm³/mol. The maximum Gasteiger partial charge on any atom is 0.780 e. The lowest BCUT2D eigenvalue weighted by molar-refractivity contribution is -0.328. The highest BCUT2D eigenvalue weighted by Gasteiger charge is 2.52. The molecule has 34 heavy (non-hydrogen) atoms. The molecule has 3 N–H and O–H groups in total. The fraction of sp³-hybridized carbons (Fsp3) is 1.00. The van der Waals surface area contributed by atoms with Crippen molar-refractivity contribution in [2.75, 3.05) is 13.2 Å². The molecule has 0 saturated heterocycles. The van der Waals surface area contributed by atoms with E-state index < -0.39 is 8.97 Å². The summed E-state index contributed by atoms with van der Waals surface area (Å²) in [5.41, 5.74) is -0.263. The van der Waals surface area contributed by atoms with Gasteiger partial charge in [-0.25, -0.2) is 0 Å². The Labute approximate surface area is 221 Å². The molecule has 0 bridgehead atoms. The molecule has 0 aromatic carbocycles. The van der Waals surface area contributed by atoms with Gasteiger partial charge in [-0.3, -0.25) is 0 Å². The van der Waals surface area contributed by atoms with Crippen LogP contribution in [0.3, 0.4) is 0 Å². The summed E-state index contributed by atoms with van der Waals surface area (Å²) in [4.78, 5) is 0. The molecule has 0 spiro atoms. The maximum atomic E-state index is 6.60. The number of unbranched alkanes of at least 4 members (excludes halogenated alkanes) is 14. The van der Waals surface area contributed by atoms with E-state index in [0.29, 0.717) is 19.1 Å². The highest BCUT2D eigenvalue weighted by Crippen LogP contribution is 2.33. The first-order valence-electron chi connectivity index (χ1n) is 14.7. The average molecular weight is 524 g/mol. The Morgan fingerprint density at radius 1 is 0.588 bits per heavy atom. The fourth-order valence-electron chi connectivity index (χ4n) is 4.91. The van der Waals surface area contributed by atoms with Crippen molar-refractivity contribution in [3.8, 4) is 0 Å². The molecule has 0 atom stereocenters. The molecular weight excluding hydrogens is 462 g/mol. The molecule has 0 radical (unpaired) electrons. The van der Waals surface area contributed by atoms with E-state index in [0.717, 1.165) is 0 Å². The van der Waals surface area contributed by atoms with Gasteiger partial charge in [0.15, 0.2) is 0 Å². The first kappa shape index (κ1) is 36.5. The van der Waals surface area contributed by atoms with Crippen molar-refractivity contribution in [1.82, 2.24) is 0 Å². The van der Waals surface area contributed by atoms with Crippen LogP contribution in [0, 0.1) is 5.92 Å². The number of hydrogen-bond acceptors (Lipinski definition) is 3. The SMILES string of the molecule is CCCCCCCCCCC(CCCCCCCCCC)C(C)(C)O[Si]([NH3+])(OCC)OCC.[Cl-]. The van der Waals surface area contributed by atoms with E-state index in [-0.39, 0.29) is 18.0 Å². The Kier molecular flexibility index (Phi) is 25.5. The summed E-state index contributed by atoms with van der Waals surface area (Å²) in [5, 5.41) is 4.28. The molecule has 6 heteroatoms. The van der Waals surface area contributed by atoms with Crippen LogP contribution < -0.4 is 17.8 Å². The third-order valence-electron chi connectivity index (χ3n) is 6.94. The Morgan fingerprint density at radius 3 is 1.24 bits per heavy atom. The third kappa shape index (κ3) is 19.5. The van der Waals surface area contributed by atoms with Crippen LogP contribution in [0.4, 0.5) is 0 Å². The molecule has 0 aliphatic rings.